The Morgan fingerprint density at radius 3 is 0.842 bits per heavy atom. The van der Waals surface area contributed by atoms with Gasteiger partial charge in [0.05, 0.1) is 26.4 Å². The van der Waals surface area contributed by atoms with Gasteiger partial charge in [-0.1, -0.05) is 334 Å². The minimum Gasteiger partial charge on any atom is -0.462 e. The van der Waals surface area contributed by atoms with Gasteiger partial charge in [-0.2, -0.15) is 0 Å². The highest BCUT2D eigenvalue weighted by Crippen LogP contribution is 2.45. The normalized spacial score (nSPS) is 14.4. The van der Waals surface area contributed by atoms with Crippen molar-refractivity contribution in [2.24, 2.45) is 5.92 Å². The van der Waals surface area contributed by atoms with Gasteiger partial charge in [-0.3, -0.25) is 37.3 Å². The molecule has 19 heteroatoms. The highest BCUT2D eigenvalue weighted by Gasteiger charge is 2.30. The molecule has 0 aromatic carbocycles. The number of hydrogen-bond donors (Lipinski definition) is 3. The monoisotopic (exact) mass is 1470 g/mol. The second-order valence-electron chi connectivity index (χ2n) is 28.4. The first kappa shape index (κ1) is 98.0. The Kier molecular flexibility index (Phi) is 71.7. The summed E-state index contributed by atoms with van der Waals surface area (Å²) in [5.74, 6) is -1.32. The van der Waals surface area contributed by atoms with Crippen molar-refractivity contribution >= 4 is 39.5 Å². The van der Waals surface area contributed by atoms with Crippen LogP contribution in [-0.2, 0) is 65.4 Å². The van der Waals surface area contributed by atoms with Gasteiger partial charge in [0.25, 0.3) is 0 Å². The zero-order valence-corrected chi connectivity index (χ0v) is 66.8. The molecule has 0 rings (SSSR count). The highest BCUT2D eigenvalue weighted by molar-refractivity contribution is 7.47. The minimum atomic E-state index is -4.97. The summed E-state index contributed by atoms with van der Waals surface area (Å²) >= 11 is 0. The van der Waals surface area contributed by atoms with Crippen molar-refractivity contribution in [3.63, 3.8) is 0 Å². The van der Waals surface area contributed by atoms with E-state index < -0.39 is 97.5 Å². The molecule has 0 aliphatic heterocycles. The fourth-order valence-electron chi connectivity index (χ4n) is 11.7. The summed E-state index contributed by atoms with van der Waals surface area (Å²) in [6.07, 6.45) is 70.8. The summed E-state index contributed by atoms with van der Waals surface area (Å²) in [6, 6.07) is 0. The van der Waals surface area contributed by atoms with Gasteiger partial charge in [0.2, 0.25) is 0 Å². The van der Waals surface area contributed by atoms with Crippen LogP contribution >= 0.6 is 15.6 Å². The number of unbranched alkanes of at least 4 members (excludes halogenated alkanes) is 43. The van der Waals surface area contributed by atoms with Crippen LogP contribution in [-0.4, -0.2) is 96.7 Å². The Balaban J connectivity index is 5.33. The number of ether oxygens (including phenoxy) is 4. The van der Waals surface area contributed by atoms with E-state index in [1.54, 1.807) is 0 Å². The quantitative estimate of drug-likeness (QED) is 0.0169. The van der Waals surface area contributed by atoms with Crippen LogP contribution in [0.4, 0.5) is 0 Å². The maximum absolute atomic E-state index is 13.1. The Morgan fingerprint density at radius 2 is 0.554 bits per heavy atom. The van der Waals surface area contributed by atoms with Crippen molar-refractivity contribution in [1.29, 1.82) is 0 Å². The van der Waals surface area contributed by atoms with Crippen LogP contribution in [0.15, 0.2) is 48.6 Å². The van der Waals surface area contributed by atoms with Gasteiger partial charge in [0.1, 0.15) is 19.3 Å². The van der Waals surface area contributed by atoms with E-state index in [-0.39, 0.29) is 25.7 Å². The molecule has 0 amide bonds. The number of phosphoric ester groups is 2. The lowest BCUT2D eigenvalue weighted by atomic mass is 9.99. The Hall–Kier alpha value is -2.98. The number of carbonyl (C=O) groups is 4. The molecular weight excluding hydrogens is 1320 g/mol. The van der Waals surface area contributed by atoms with Crippen LogP contribution in [0.3, 0.4) is 0 Å². The third-order valence-corrected chi connectivity index (χ3v) is 20.3. The fraction of sp³-hybridized carbons (Fsp3) is 0.854. The largest absolute Gasteiger partial charge is 0.472 e. The molecule has 0 bridgehead atoms. The smallest absolute Gasteiger partial charge is 0.462 e. The molecular formula is C82H152O17P2. The van der Waals surface area contributed by atoms with Gasteiger partial charge < -0.3 is 33.8 Å². The molecule has 3 unspecified atom stereocenters. The number of aliphatic hydroxyl groups excluding tert-OH is 1. The minimum absolute atomic E-state index is 0.0834. The Labute approximate surface area is 617 Å². The third-order valence-electron chi connectivity index (χ3n) is 18.4. The molecule has 0 aromatic rings. The molecule has 0 heterocycles. The van der Waals surface area contributed by atoms with Gasteiger partial charge in [-0.15, -0.1) is 0 Å². The van der Waals surface area contributed by atoms with E-state index in [9.17, 15) is 43.2 Å². The van der Waals surface area contributed by atoms with Crippen LogP contribution in [0, 0.1) is 5.92 Å². The van der Waals surface area contributed by atoms with Crippen molar-refractivity contribution in [3.05, 3.63) is 48.6 Å². The summed E-state index contributed by atoms with van der Waals surface area (Å²) in [4.78, 5) is 73.0. The van der Waals surface area contributed by atoms with Gasteiger partial charge in [0.15, 0.2) is 12.2 Å². The standard InChI is InChI=1S/C82H152O17P2/c1-6-10-13-16-19-22-25-28-30-36-41-46-51-56-61-66-80(85)93-72-78(99-82(87)68-63-58-53-48-43-38-33-32-35-39-44-49-54-59-64-75(5)9-4)74-97-101(90,91)95-70-76(83)69-94-100(88,89)96-73-77(71-92-79(84)65-60-55-50-45-40-34-27-24-21-18-15-12-8-3)98-81(86)67-62-57-52-47-42-37-31-29-26-23-20-17-14-11-7-2/h22-23,25-26,28-31,75-78,83H,6-21,24,27,32-74H2,1-5H3,(H,88,89)(H,90,91)/b25-22-,26-23-,30-28-,31-29-/t75?,76-,77+,78+/m0/s1. The second kappa shape index (κ2) is 73.9. The van der Waals surface area contributed by atoms with Crippen LogP contribution in [0.25, 0.3) is 0 Å². The summed E-state index contributed by atoms with van der Waals surface area (Å²) in [5.41, 5.74) is 0. The van der Waals surface area contributed by atoms with Crippen molar-refractivity contribution in [2.75, 3.05) is 39.6 Å². The first-order valence-electron chi connectivity index (χ1n) is 41.3. The van der Waals surface area contributed by atoms with Crippen molar-refractivity contribution in [2.45, 2.75) is 406 Å². The second-order valence-corrected chi connectivity index (χ2v) is 31.3. The number of phosphoric acid groups is 2. The van der Waals surface area contributed by atoms with E-state index in [1.807, 2.05) is 0 Å². The number of carbonyl (C=O) groups excluding carboxylic acids is 4. The first-order chi connectivity index (χ1) is 49.1. The average Bonchev–Trinajstić information content (AvgIpc) is 0.931. The van der Waals surface area contributed by atoms with E-state index in [0.29, 0.717) is 25.7 Å². The fourth-order valence-corrected chi connectivity index (χ4v) is 13.2. The molecule has 0 aromatic heterocycles. The summed E-state index contributed by atoms with van der Waals surface area (Å²) in [7, 11) is -9.95. The summed E-state index contributed by atoms with van der Waals surface area (Å²) in [6.45, 7) is 7.26. The molecule has 3 N–H and O–H groups in total. The molecule has 0 saturated heterocycles. The highest BCUT2D eigenvalue weighted by atomic mass is 31.2. The van der Waals surface area contributed by atoms with Crippen LogP contribution in [0.5, 0.6) is 0 Å². The molecule has 0 spiro atoms. The molecule has 0 saturated carbocycles. The predicted molar refractivity (Wildman–Crippen MR) is 413 cm³/mol. The Morgan fingerprint density at radius 1 is 0.317 bits per heavy atom. The lowest BCUT2D eigenvalue weighted by Crippen LogP contribution is -2.30. The molecule has 592 valence electrons. The maximum atomic E-state index is 13.1. The van der Waals surface area contributed by atoms with Crippen LogP contribution < -0.4 is 0 Å². The number of hydrogen-bond acceptors (Lipinski definition) is 15. The van der Waals surface area contributed by atoms with E-state index in [4.69, 9.17) is 37.0 Å². The number of esters is 4. The molecule has 17 nitrogen and oxygen atoms in total. The number of allylic oxidation sites excluding steroid dienone is 8. The molecule has 101 heavy (non-hydrogen) atoms. The lowest BCUT2D eigenvalue weighted by Gasteiger charge is -2.21. The number of aliphatic hydroxyl groups is 1. The zero-order valence-electron chi connectivity index (χ0n) is 65.0. The molecule has 6 atom stereocenters. The summed E-state index contributed by atoms with van der Waals surface area (Å²) < 4.78 is 68.7. The van der Waals surface area contributed by atoms with E-state index in [2.05, 4.69) is 83.2 Å². The lowest BCUT2D eigenvalue weighted by molar-refractivity contribution is -0.161. The number of rotatable bonds is 78. The maximum Gasteiger partial charge on any atom is 0.472 e. The summed E-state index contributed by atoms with van der Waals surface area (Å²) in [5, 5.41) is 10.6. The van der Waals surface area contributed by atoms with Crippen molar-refractivity contribution in [1.82, 2.24) is 0 Å². The van der Waals surface area contributed by atoms with E-state index in [1.165, 1.54) is 180 Å². The molecule has 0 aliphatic rings. The van der Waals surface area contributed by atoms with Gasteiger partial charge >= 0.3 is 39.5 Å². The van der Waals surface area contributed by atoms with Crippen LogP contribution in [0.2, 0.25) is 0 Å². The van der Waals surface area contributed by atoms with Crippen LogP contribution in [0.1, 0.15) is 388 Å². The van der Waals surface area contributed by atoms with Crippen molar-refractivity contribution in [3.8, 4) is 0 Å². The predicted octanol–water partition coefficient (Wildman–Crippen LogP) is 23.9. The van der Waals surface area contributed by atoms with Crippen molar-refractivity contribution < 1.29 is 80.2 Å². The first-order valence-corrected chi connectivity index (χ1v) is 44.3. The molecule has 0 fully saturated rings. The topological polar surface area (TPSA) is 237 Å². The third kappa shape index (κ3) is 73.7. The Bertz CT molecular complexity index is 2120. The van der Waals surface area contributed by atoms with Gasteiger partial charge in [-0.05, 0) is 83.0 Å². The average molecular weight is 1470 g/mol. The SMILES string of the molecule is CCCCCC/C=C\C=C/CCCCCCCC(=O)OC[C@H](COP(=O)(O)OC[C@@H](O)COP(=O)(O)OC[C@@H](COC(=O)CCCCCCCCCCCCCCC)OC(=O)CCCCCCC/C=C\C=C/CCCCCC)OC(=O)CCCCCCCCCCCCCCCCC(C)CC. The van der Waals surface area contributed by atoms with E-state index >= 15 is 0 Å². The van der Waals surface area contributed by atoms with Gasteiger partial charge in [-0.25, -0.2) is 9.13 Å². The molecule has 0 aliphatic carbocycles. The van der Waals surface area contributed by atoms with E-state index in [0.717, 1.165) is 128 Å². The molecule has 0 radical (unpaired) electrons. The zero-order chi connectivity index (χ0) is 74.1. The van der Waals surface area contributed by atoms with Gasteiger partial charge in [0, 0.05) is 25.7 Å².